The van der Waals surface area contributed by atoms with Crippen molar-refractivity contribution < 1.29 is 42.8 Å². The molecule has 0 aliphatic heterocycles. The molecule has 0 aliphatic carbocycles. The lowest BCUT2D eigenvalue weighted by Gasteiger charge is -2.31. The SMILES string of the molecule is C=CCOC(=O)Oc1c(C(C)(C)C)cc(Cc2c(C)c(Cc3cc(C(C)(C)C)c(OC(=O)OCC=C)c(C(C)(C)C)c3)c(C)c(Cc3cc(C(C)(C)C)c(OC(=O)OCC=C)c(C(C)(C)C)c3)c2C)cc1C(C)(C)C. The smallest absolute Gasteiger partial charge is 0.430 e. The summed E-state index contributed by atoms with van der Waals surface area (Å²) >= 11 is 0. The predicted octanol–water partition coefficient (Wildman–Crippen LogP) is 17.3. The quantitative estimate of drug-likeness (QED) is 0.0498. The van der Waals surface area contributed by atoms with Crippen molar-refractivity contribution in [3.63, 3.8) is 0 Å². The third kappa shape index (κ3) is 15.5. The summed E-state index contributed by atoms with van der Waals surface area (Å²) < 4.78 is 34.4. The number of benzene rings is 4. The van der Waals surface area contributed by atoms with Crippen LogP contribution in [0.4, 0.5) is 14.4 Å². The van der Waals surface area contributed by atoms with E-state index in [-0.39, 0.29) is 19.8 Å². The molecule has 4 aromatic carbocycles. The first-order chi connectivity index (χ1) is 34.3. The summed E-state index contributed by atoms with van der Waals surface area (Å²) in [7, 11) is 0. The summed E-state index contributed by atoms with van der Waals surface area (Å²) in [6, 6.07) is 13.2. The van der Waals surface area contributed by atoms with Gasteiger partial charge >= 0.3 is 18.5 Å². The fourth-order valence-electron chi connectivity index (χ4n) is 9.56. The van der Waals surface area contributed by atoms with Crippen LogP contribution in [0.2, 0.25) is 0 Å². The lowest BCUT2D eigenvalue weighted by molar-refractivity contribution is 0.107. The van der Waals surface area contributed by atoms with Crippen molar-refractivity contribution in [3.8, 4) is 17.2 Å². The number of hydrogen-bond acceptors (Lipinski definition) is 9. The molecule has 0 radical (unpaired) electrons. The second-order valence-electron chi connectivity index (χ2n) is 26.3. The summed E-state index contributed by atoms with van der Waals surface area (Å²) in [5.41, 5.74) is 13.5. The summed E-state index contributed by atoms with van der Waals surface area (Å²) in [5, 5.41) is 0. The molecule has 0 heterocycles. The molecular weight excluding hydrogens is 937 g/mol. The van der Waals surface area contributed by atoms with E-state index in [9.17, 15) is 14.4 Å². The lowest BCUT2D eigenvalue weighted by atomic mass is 9.75. The minimum Gasteiger partial charge on any atom is -0.430 e. The Morgan fingerprint density at radius 1 is 0.360 bits per heavy atom. The zero-order chi connectivity index (χ0) is 57.0. The van der Waals surface area contributed by atoms with E-state index < -0.39 is 51.0 Å². The van der Waals surface area contributed by atoms with Crippen molar-refractivity contribution in [3.05, 3.63) is 158 Å². The van der Waals surface area contributed by atoms with Gasteiger partial charge in [0.15, 0.2) is 0 Å². The van der Waals surface area contributed by atoms with Crippen molar-refractivity contribution in [1.29, 1.82) is 0 Å². The van der Waals surface area contributed by atoms with Crippen molar-refractivity contribution in [1.82, 2.24) is 0 Å². The largest absolute Gasteiger partial charge is 0.514 e. The van der Waals surface area contributed by atoms with Crippen LogP contribution in [0.5, 0.6) is 17.2 Å². The molecule has 0 saturated carbocycles. The van der Waals surface area contributed by atoms with Crippen LogP contribution in [-0.2, 0) is 66.0 Å². The molecule has 9 heteroatoms. The number of carbonyl (C=O) groups is 3. The van der Waals surface area contributed by atoms with Crippen molar-refractivity contribution in [2.24, 2.45) is 0 Å². The third-order valence-electron chi connectivity index (χ3n) is 13.7. The molecule has 75 heavy (non-hydrogen) atoms. The van der Waals surface area contributed by atoms with E-state index in [2.05, 4.69) is 202 Å². The van der Waals surface area contributed by atoms with Crippen LogP contribution >= 0.6 is 0 Å². The van der Waals surface area contributed by atoms with Gasteiger partial charge in [-0.25, -0.2) is 14.4 Å². The summed E-state index contributed by atoms with van der Waals surface area (Å²) in [4.78, 5) is 39.5. The Bertz CT molecular complexity index is 2360. The Hall–Kier alpha value is -6.09. The molecule has 4 rings (SSSR count). The monoisotopic (exact) mass is 1030 g/mol. The first-order valence-corrected chi connectivity index (χ1v) is 26.4. The second kappa shape index (κ2) is 23.4. The predicted molar refractivity (Wildman–Crippen MR) is 307 cm³/mol. The Kier molecular flexibility index (Phi) is 19.2. The van der Waals surface area contributed by atoms with E-state index >= 15 is 0 Å². The Morgan fingerprint density at radius 3 is 0.680 bits per heavy atom. The summed E-state index contributed by atoms with van der Waals surface area (Å²) in [5.74, 6) is 1.55. The highest BCUT2D eigenvalue weighted by molar-refractivity contribution is 5.70. The van der Waals surface area contributed by atoms with E-state index in [0.29, 0.717) is 36.5 Å². The normalized spacial score (nSPS) is 12.4. The highest BCUT2D eigenvalue weighted by atomic mass is 16.7. The lowest BCUT2D eigenvalue weighted by Crippen LogP contribution is -2.23. The number of rotatable bonds is 15. The highest BCUT2D eigenvalue weighted by Crippen LogP contribution is 2.46. The summed E-state index contributed by atoms with van der Waals surface area (Å²) in [6.07, 6.45) is 4.06. The van der Waals surface area contributed by atoms with Gasteiger partial charge in [0.05, 0.1) is 0 Å². The number of carbonyl (C=O) groups excluding carboxylic acids is 3. The minimum atomic E-state index is -0.772. The fourth-order valence-corrected chi connectivity index (χ4v) is 9.56. The second-order valence-corrected chi connectivity index (χ2v) is 26.3. The summed E-state index contributed by atoms with van der Waals surface area (Å²) in [6.45, 7) is 56.4. The average molecular weight is 1030 g/mol. The molecule has 4 aromatic rings. The Morgan fingerprint density at radius 2 is 0.533 bits per heavy atom. The van der Waals surface area contributed by atoms with Gasteiger partial charge in [-0.3, -0.25) is 0 Å². The first-order valence-electron chi connectivity index (χ1n) is 26.4. The molecule has 0 atom stereocenters. The van der Waals surface area contributed by atoms with Gasteiger partial charge in [-0.15, -0.1) is 0 Å². The molecule has 0 saturated heterocycles. The van der Waals surface area contributed by atoms with Crippen LogP contribution in [-0.4, -0.2) is 38.3 Å². The topological polar surface area (TPSA) is 107 Å². The molecule has 0 bridgehead atoms. The molecule has 408 valence electrons. The van der Waals surface area contributed by atoms with Crippen LogP contribution < -0.4 is 14.2 Å². The van der Waals surface area contributed by atoms with Crippen LogP contribution in [0, 0.1) is 20.8 Å². The first kappa shape index (κ1) is 61.5. The standard InChI is InChI=1S/C66H90O9/c1-25-28-70-58(67)73-55-49(61(7,8)9)34-43(35-50(55)62(10,11)12)31-46-40(4)47(32-44-36-51(63(13,14)15)56(52(37-44)64(16,17)18)74-59(68)71-29-26-2)42(6)48(41(46)5)33-45-38-53(65(19,20)21)57(54(39-45)66(22,23)24)75-60(69)72-30-27-3/h25-27,34-39H,1-3,28-33H2,4-24H3. The highest BCUT2D eigenvalue weighted by Gasteiger charge is 2.34. The van der Waals surface area contributed by atoms with Gasteiger partial charge in [-0.2, -0.15) is 0 Å². The maximum atomic E-state index is 13.2. The maximum Gasteiger partial charge on any atom is 0.514 e. The van der Waals surface area contributed by atoms with Crippen LogP contribution in [0.15, 0.2) is 74.4 Å². The van der Waals surface area contributed by atoms with Gasteiger partial charge in [-0.1, -0.05) is 199 Å². The van der Waals surface area contributed by atoms with Gasteiger partial charge in [-0.05, 0) is 123 Å². The van der Waals surface area contributed by atoms with E-state index in [1.165, 1.54) is 51.6 Å². The molecule has 0 unspecified atom stereocenters. The molecule has 0 amide bonds. The van der Waals surface area contributed by atoms with Gasteiger partial charge in [0.25, 0.3) is 0 Å². The number of ether oxygens (including phenoxy) is 6. The molecule has 9 nitrogen and oxygen atoms in total. The maximum absolute atomic E-state index is 13.2. The molecule has 0 N–H and O–H groups in total. The van der Waals surface area contributed by atoms with E-state index in [4.69, 9.17) is 28.4 Å². The average Bonchev–Trinajstić information content (AvgIpc) is 3.27. The molecule has 0 aromatic heterocycles. The van der Waals surface area contributed by atoms with Gasteiger partial charge in [0.1, 0.15) is 37.1 Å². The van der Waals surface area contributed by atoms with Crippen molar-refractivity contribution >= 4 is 18.5 Å². The molecule has 0 fully saturated rings. The Labute approximate surface area is 451 Å². The van der Waals surface area contributed by atoms with E-state index in [1.54, 1.807) is 0 Å². The molecule has 0 spiro atoms. The zero-order valence-corrected chi connectivity index (χ0v) is 49.7. The Balaban J connectivity index is 2.17. The van der Waals surface area contributed by atoms with E-state index in [1.807, 2.05) is 0 Å². The molecule has 0 aliphatic rings. The fraction of sp³-hybridized carbons (Fsp3) is 0.500. The van der Waals surface area contributed by atoms with Gasteiger partial charge < -0.3 is 28.4 Å². The third-order valence-corrected chi connectivity index (χ3v) is 13.7. The van der Waals surface area contributed by atoms with Gasteiger partial charge in [0, 0.05) is 33.4 Å². The molecular formula is C66H90O9. The van der Waals surface area contributed by atoms with Crippen LogP contribution in [0.25, 0.3) is 0 Å². The van der Waals surface area contributed by atoms with Gasteiger partial charge in [0.2, 0.25) is 0 Å². The number of hydrogen-bond donors (Lipinski definition) is 0. The van der Waals surface area contributed by atoms with Crippen LogP contribution in [0.1, 0.15) is 208 Å². The zero-order valence-electron chi connectivity index (χ0n) is 49.7. The van der Waals surface area contributed by atoms with Crippen molar-refractivity contribution in [2.75, 3.05) is 19.8 Å². The minimum absolute atomic E-state index is 0.0403. The van der Waals surface area contributed by atoms with E-state index in [0.717, 1.165) is 50.1 Å². The van der Waals surface area contributed by atoms with Crippen LogP contribution in [0.3, 0.4) is 0 Å². The van der Waals surface area contributed by atoms with Crippen molar-refractivity contribution in [2.45, 2.75) is 197 Å².